The summed E-state index contributed by atoms with van der Waals surface area (Å²) in [6.07, 6.45) is 2.92. The maximum atomic E-state index is 10.5. The van der Waals surface area contributed by atoms with Gasteiger partial charge in [0.15, 0.2) is 5.78 Å². The molecule has 1 aliphatic rings. The van der Waals surface area contributed by atoms with E-state index in [1.165, 1.54) is 0 Å². The minimum absolute atomic E-state index is 0.0833. The van der Waals surface area contributed by atoms with E-state index in [0.29, 0.717) is 0 Å². The van der Waals surface area contributed by atoms with Gasteiger partial charge in [0.1, 0.15) is 0 Å². The Morgan fingerprint density at radius 3 is 2.29 bits per heavy atom. The molecule has 1 rings (SSSR count). The summed E-state index contributed by atoms with van der Waals surface area (Å²) in [5, 5.41) is 0. The normalized spacial score (nSPS) is 29.1. The van der Waals surface area contributed by atoms with Gasteiger partial charge in [-0.05, 0) is 18.6 Å². The average Bonchev–Trinajstić information content (AvgIpc) is 1.68. The van der Waals surface area contributed by atoms with Gasteiger partial charge in [-0.25, -0.2) is 0 Å². The van der Waals surface area contributed by atoms with Gasteiger partial charge in [-0.3, -0.25) is 4.79 Å². The van der Waals surface area contributed by atoms with E-state index in [2.05, 4.69) is 6.08 Å². The molecule has 1 nitrogen and oxygen atoms in total. The van der Waals surface area contributed by atoms with Gasteiger partial charge in [-0.15, -0.1) is 0 Å². The fourth-order valence-electron chi connectivity index (χ4n) is 0.708. The molecule has 0 aromatic rings. The van der Waals surface area contributed by atoms with Crippen molar-refractivity contribution in [3.8, 4) is 0 Å². The third-order valence-electron chi connectivity index (χ3n) is 1.20. The summed E-state index contributed by atoms with van der Waals surface area (Å²) >= 11 is 0. The van der Waals surface area contributed by atoms with Crippen molar-refractivity contribution < 1.29 is 4.79 Å². The molecule has 1 radical (unpaired) electrons. The van der Waals surface area contributed by atoms with E-state index in [-0.39, 0.29) is 11.7 Å². The standard InChI is InChI=1S/C6H7O/c1-4-3-5(2)6(4)7/h4H,1-2H3. The maximum Gasteiger partial charge on any atom is 0.166 e. The summed E-state index contributed by atoms with van der Waals surface area (Å²) in [5.74, 6) is 0.333. The predicted octanol–water partition coefficient (Wildman–Crippen LogP) is 0.955. The molecule has 0 heterocycles. The summed E-state index contributed by atoms with van der Waals surface area (Å²) in [7, 11) is 0. The summed E-state index contributed by atoms with van der Waals surface area (Å²) in [6.45, 7) is 3.65. The van der Waals surface area contributed by atoms with Crippen molar-refractivity contribution in [2.75, 3.05) is 0 Å². The van der Waals surface area contributed by atoms with E-state index in [1.807, 2.05) is 6.92 Å². The zero-order valence-electron chi connectivity index (χ0n) is 4.49. The van der Waals surface area contributed by atoms with Crippen molar-refractivity contribution in [2.45, 2.75) is 13.8 Å². The monoisotopic (exact) mass is 95.0 g/mol. The average molecular weight is 95.1 g/mol. The molecular weight excluding hydrogens is 88.1 g/mol. The van der Waals surface area contributed by atoms with Crippen LogP contribution in [0.5, 0.6) is 0 Å². The van der Waals surface area contributed by atoms with Crippen molar-refractivity contribution in [2.24, 2.45) is 5.92 Å². The van der Waals surface area contributed by atoms with E-state index < -0.39 is 0 Å². The largest absolute Gasteiger partial charge is 0.294 e. The second-order valence-electron chi connectivity index (χ2n) is 1.86. The molecule has 0 fully saturated rings. The van der Waals surface area contributed by atoms with Crippen LogP contribution in [0.4, 0.5) is 0 Å². The molecule has 1 heteroatoms. The van der Waals surface area contributed by atoms with Gasteiger partial charge >= 0.3 is 0 Å². The van der Waals surface area contributed by atoms with Gasteiger partial charge in [0.05, 0.1) is 0 Å². The first-order valence-electron chi connectivity index (χ1n) is 2.36. The number of ketones is 1. The molecule has 0 spiro atoms. The van der Waals surface area contributed by atoms with Crippen LogP contribution in [0.25, 0.3) is 0 Å². The molecule has 0 bridgehead atoms. The number of carbonyl (C=O) groups is 1. The fraction of sp³-hybridized carbons (Fsp3) is 0.500. The van der Waals surface area contributed by atoms with Crippen LogP contribution in [-0.2, 0) is 4.79 Å². The second kappa shape index (κ2) is 1.19. The number of rotatable bonds is 0. The molecule has 0 amide bonds. The van der Waals surface area contributed by atoms with Crippen LogP contribution >= 0.6 is 0 Å². The molecule has 0 aliphatic heterocycles. The quantitative estimate of drug-likeness (QED) is 0.438. The SMILES string of the molecule is CC1=[C]C(C)C1=O. The third-order valence-corrected chi connectivity index (χ3v) is 1.20. The van der Waals surface area contributed by atoms with Crippen molar-refractivity contribution in [3.05, 3.63) is 11.6 Å². The smallest absolute Gasteiger partial charge is 0.166 e. The van der Waals surface area contributed by atoms with Crippen LogP contribution < -0.4 is 0 Å². The Kier molecular flexibility index (Phi) is 0.775. The second-order valence-corrected chi connectivity index (χ2v) is 1.86. The van der Waals surface area contributed by atoms with E-state index in [9.17, 15) is 4.79 Å². The number of hydrogen-bond acceptors (Lipinski definition) is 1. The highest BCUT2D eigenvalue weighted by molar-refractivity contribution is 6.02. The molecule has 1 unspecified atom stereocenters. The zero-order chi connectivity index (χ0) is 5.44. The summed E-state index contributed by atoms with van der Waals surface area (Å²) in [5.41, 5.74) is 0.799. The Morgan fingerprint density at radius 1 is 1.71 bits per heavy atom. The van der Waals surface area contributed by atoms with Crippen molar-refractivity contribution in [3.63, 3.8) is 0 Å². The molecule has 7 heavy (non-hydrogen) atoms. The van der Waals surface area contributed by atoms with Gasteiger partial charge in [0, 0.05) is 5.92 Å². The lowest BCUT2D eigenvalue weighted by molar-refractivity contribution is -0.119. The summed E-state index contributed by atoms with van der Waals surface area (Å²) in [4.78, 5) is 10.5. The van der Waals surface area contributed by atoms with Crippen LogP contribution in [0.3, 0.4) is 0 Å². The fourth-order valence-corrected chi connectivity index (χ4v) is 0.708. The lowest BCUT2D eigenvalue weighted by atomic mass is 9.88. The minimum atomic E-state index is 0.0833. The van der Waals surface area contributed by atoms with Gasteiger partial charge in [0.25, 0.3) is 0 Å². The molecule has 37 valence electrons. The van der Waals surface area contributed by atoms with Crippen LogP contribution in [0, 0.1) is 12.0 Å². The highest BCUT2D eigenvalue weighted by Crippen LogP contribution is 2.17. The minimum Gasteiger partial charge on any atom is -0.294 e. The van der Waals surface area contributed by atoms with Gasteiger partial charge < -0.3 is 0 Å². The highest BCUT2D eigenvalue weighted by atomic mass is 16.1. The molecular formula is C6H7O. The number of hydrogen-bond donors (Lipinski definition) is 0. The summed E-state index contributed by atoms with van der Waals surface area (Å²) in [6, 6.07) is 0. The predicted molar refractivity (Wildman–Crippen MR) is 26.6 cm³/mol. The van der Waals surface area contributed by atoms with Crippen molar-refractivity contribution in [1.29, 1.82) is 0 Å². The van der Waals surface area contributed by atoms with E-state index in [1.54, 1.807) is 6.92 Å². The first-order chi connectivity index (χ1) is 3.22. The Balaban J connectivity index is 2.75. The van der Waals surface area contributed by atoms with Gasteiger partial charge in [-0.2, -0.15) is 0 Å². The first-order valence-corrected chi connectivity index (χ1v) is 2.36. The van der Waals surface area contributed by atoms with E-state index in [4.69, 9.17) is 0 Å². The van der Waals surface area contributed by atoms with E-state index >= 15 is 0 Å². The Labute approximate surface area is 43.0 Å². The van der Waals surface area contributed by atoms with Gasteiger partial charge in [-0.1, -0.05) is 6.92 Å². The first kappa shape index (κ1) is 4.57. The Morgan fingerprint density at radius 2 is 2.29 bits per heavy atom. The molecule has 1 atom stereocenters. The third kappa shape index (κ3) is 0.483. The van der Waals surface area contributed by atoms with E-state index in [0.717, 1.165) is 5.57 Å². The molecule has 0 aromatic heterocycles. The van der Waals surface area contributed by atoms with Crippen LogP contribution in [0.1, 0.15) is 13.8 Å². The number of Topliss-reactive ketones (excluding diaryl/α,β-unsaturated/α-hetero) is 1. The maximum absolute atomic E-state index is 10.5. The Bertz CT molecular complexity index is 133. The number of carbonyl (C=O) groups excluding carboxylic acids is 1. The van der Waals surface area contributed by atoms with Gasteiger partial charge in [0.2, 0.25) is 0 Å². The number of allylic oxidation sites excluding steroid dienone is 2. The topological polar surface area (TPSA) is 17.1 Å². The molecule has 0 saturated carbocycles. The molecule has 0 N–H and O–H groups in total. The lowest BCUT2D eigenvalue weighted by Crippen LogP contribution is -2.20. The van der Waals surface area contributed by atoms with Crippen molar-refractivity contribution in [1.82, 2.24) is 0 Å². The lowest BCUT2D eigenvalue weighted by Gasteiger charge is -2.14. The molecule has 0 saturated heterocycles. The summed E-state index contributed by atoms with van der Waals surface area (Å²) < 4.78 is 0. The van der Waals surface area contributed by atoms with Crippen molar-refractivity contribution >= 4 is 5.78 Å². The highest BCUT2D eigenvalue weighted by Gasteiger charge is 2.21. The Hall–Kier alpha value is -0.590. The van der Waals surface area contributed by atoms with Crippen LogP contribution in [-0.4, -0.2) is 5.78 Å². The molecule has 1 aliphatic carbocycles. The molecule has 0 aromatic carbocycles. The zero-order valence-corrected chi connectivity index (χ0v) is 4.49. The van der Waals surface area contributed by atoms with Crippen LogP contribution in [0.15, 0.2) is 5.57 Å². The van der Waals surface area contributed by atoms with Crippen LogP contribution in [0.2, 0.25) is 0 Å².